The van der Waals surface area contributed by atoms with Gasteiger partial charge in [0, 0.05) is 12.3 Å². The second-order valence-corrected chi connectivity index (χ2v) is 4.20. The number of hydrogen-bond acceptors (Lipinski definition) is 6. The molecule has 1 aromatic rings. The van der Waals surface area contributed by atoms with Crippen LogP contribution in [0.3, 0.4) is 0 Å². The van der Waals surface area contributed by atoms with Gasteiger partial charge in [0.25, 0.3) is 0 Å². The minimum Gasteiger partial charge on any atom is -0.461 e. The van der Waals surface area contributed by atoms with Crippen molar-refractivity contribution >= 4 is 17.7 Å². The number of hydrogen-bond donors (Lipinski definition) is 2. The molecular formula is C8H12N4O2S. The van der Waals surface area contributed by atoms with E-state index in [-0.39, 0.29) is 11.1 Å². The van der Waals surface area contributed by atoms with E-state index in [0.717, 1.165) is 12.3 Å². The van der Waals surface area contributed by atoms with Crippen LogP contribution in [0.25, 0.3) is 0 Å². The lowest BCUT2D eigenvalue weighted by Gasteiger charge is -2.06. The maximum Gasteiger partial charge on any atom is 0.360 e. The average molecular weight is 228 g/mol. The Labute approximate surface area is 91.1 Å². The van der Waals surface area contributed by atoms with Crippen LogP contribution in [0.15, 0.2) is 0 Å². The topological polar surface area (TPSA) is 79.9 Å². The van der Waals surface area contributed by atoms with E-state index in [4.69, 9.17) is 4.74 Å². The van der Waals surface area contributed by atoms with Crippen molar-refractivity contribution in [3.63, 3.8) is 0 Å². The number of aromatic nitrogens is 3. The maximum absolute atomic E-state index is 11.5. The molecule has 2 rings (SSSR count). The predicted octanol–water partition coefficient (Wildman–Crippen LogP) is 0.316. The molecule has 82 valence electrons. The minimum atomic E-state index is -0.421. The standard InChI is InChI=1S/C8H12N4O2S/c1-2-14-8(13)6-5(10-12-11-6)7-9-3-4-15-7/h7,9H,2-4H2,1H3,(H,10,11,12). The van der Waals surface area contributed by atoms with E-state index in [2.05, 4.69) is 20.7 Å². The summed E-state index contributed by atoms with van der Waals surface area (Å²) in [5, 5.41) is 13.5. The molecule has 0 aliphatic carbocycles. The molecule has 0 saturated carbocycles. The van der Waals surface area contributed by atoms with Gasteiger partial charge in [-0.15, -0.1) is 16.9 Å². The zero-order valence-electron chi connectivity index (χ0n) is 8.32. The highest BCUT2D eigenvalue weighted by Crippen LogP contribution is 2.29. The first kappa shape index (κ1) is 10.4. The van der Waals surface area contributed by atoms with Crippen LogP contribution >= 0.6 is 11.8 Å². The van der Waals surface area contributed by atoms with Crippen LogP contribution in [-0.2, 0) is 4.74 Å². The molecule has 1 aliphatic heterocycles. The molecule has 0 bridgehead atoms. The van der Waals surface area contributed by atoms with E-state index in [1.54, 1.807) is 18.7 Å². The summed E-state index contributed by atoms with van der Waals surface area (Å²) in [7, 11) is 0. The first-order chi connectivity index (χ1) is 7.33. The van der Waals surface area contributed by atoms with E-state index in [9.17, 15) is 4.79 Å². The maximum atomic E-state index is 11.5. The average Bonchev–Trinajstić information content (AvgIpc) is 2.88. The fourth-order valence-electron chi connectivity index (χ4n) is 1.37. The van der Waals surface area contributed by atoms with E-state index >= 15 is 0 Å². The molecule has 1 unspecified atom stereocenters. The lowest BCUT2D eigenvalue weighted by Crippen LogP contribution is -2.16. The van der Waals surface area contributed by atoms with Crippen LogP contribution in [0.5, 0.6) is 0 Å². The van der Waals surface area contributed by atoms with Crippen LogP contribution in [0.4, 0.5) is 0 Å². The second-order valence-electron chi connectivity index (χ2n) is 2.98. The van der Waals surface area contributed by atoms with E-state index in [0.29, 0.717) is 12.3 Å². The molecule has 1 saturated heterocycles. The molecular weight excluding hydrogens is 216 g/mol. The first-order valence-corrected chi connectivity index (χ1v) is 5.80. The van der Waals surface area contributed by atoms with Crippen LogP contribution in [0.1, 0.15) is 28.5 Å². The molecule has 15 heavy (non-hydrogen) atoms. The Balaban J connectivity index is 2.17. The third-order valence-electron chi connectivity index (χ3n) is 2.01. The summed E-state index contributed by atoms with van der Waals surface area (Å²) in [6, 6.07) is 0. The van der Waals surface area contributed by atoms with Gasteiger partial charge >= 0.3 is 5.97 Å². The first-order valence-electron chi connectivity index (χ1n) is 4.75. The third-order valence-corrected chi connectivity index (χ3v) is 3.17. The lowest BCUT2D eigenvalue weighted by atomic mass is 10.3. The van der Waals surface area contributed by atoms with Gasteiger partial charge in [0.15, 0.2) is 5.69 Å². The molecule has 6 nitrogen and oxygen atoms in total. The molecule has 1 atom stereocenters. The van der Waals surface area contributed by atoms with Crippen LogP contribution in [0.2, 0.25) is 0 Å². The highest BCUT2D eigenvalue weighted by molar-refractivity contribution is 7.99. The molecule has 2 N–H and O–H groups in total. The largest absolute Gasteiger partial charge is 0.461 e. The Morgan fingerprint density at radius 2 is 2.53 bits per heavy atom. The van der Waals surface area contributed by atoms with Crippen molar-refractivity contribution in [3.05, 3.63) is 11.4 Å². The number of nitrogens with one attached hydrogen (secondary N) is 2. The Morgan fingerprint density at radius 1 is 1.67 bits per heavy atom. The number of thioether (sulfide) groups is 1. The number of carbonyl (C=O) groups is 1. The summed E-state index contributed by atoms with van der Waals surface area (Å²) in [6.45, 7) is 3.03. The molecule has 2 heterocycles. The van der Waals surface area contributed by atoms with E-state index in [1.807, 2.05) is 0 Å². The lowest BCUT2D eigenvalue weighted by molar-refractivity contribution is 0.0518. The van der Waals surface area contributed by atoms with Crippen LogP contribution in [0, 0.1) is 0 Å². The summed E-state index contributed by atoms with van der Waals surface area (Å²) in [4.78, 5) is 11.5. The highest BCUT2D eigenvalue weighted by atomic mass is 32.2. The van der Waals surface area contributed by atoms with Gasteiger partial charge in [0.1, 0.15) is 11.1 Å². The Morgan fingerprint density at radius 3 is 3.20 bits per heavy atom. The van der Waals surface area contributed by atoms with Gasteiger partial charge in [-0.1, -0.05) is 0 Å². The van der Waals surface area contributed by atoms with Gasteiger partial charge in [0.05, 0.1) is 6.61 Å². The van der Waals surface area contributed by atoms with Crippen molar-refractivity contribution in [2.24, 2.45) is 0 Å². The molecule has 0 radical (unpaired) electrons. The Kier molecular flexibility index (Phi) is 3.22. The molecule has 0 aromatic carbocycles. The summed E-state index contributed by atoms with van der Waals surface area (Å²) >= 11 is 1.71. The molecule has 1 fully saturated rings. The number of esters is 1. The number of ether oxygens (including phenoxy) is 1. The monoisotopic (exact) mass is 228 g/mol. The molecule has 1 aliphatic rings. The van der Waals surface area contributed by atoms with Crippen molar-refractivity contribution in [1.82, 2.24) is 20.7 Å². The quantitative estimate of drug-likeness (QED) is 0.725. The third kappa shape index (κ3) is 2.13. The van der Waals surface area contributed by atoms with Crippen LogP contribution < -0.4 is 5.32 Å². The highest BCUT2D eigenvalue weighted by Gasteiger charge is 2.27. The minimum absolute atomic E-state index is 0.0446. The fraction of sp³-hybridized carbons (Fsp3) is 0.625. The van der Waals surface area contributed by atoms with Gasteiger partial charge in [-0.05, 0) is 6.92 Å². The van der Waals surface area contributed by atoms with Gasteiger partial charge in [-0.3, -0.25) is 5.32 Å². The number of H-pyrrole nitrogens is 1. The molecule has 1 aromatic heterocycles. The SMILES string of the molecule is CCOC(=O)c1n[nH]nc1C1NCCS1. The summed E-state index contributed by atoms with van der Waals surface area (Å²) in [5.74, 6) is 0.593. The van der Waals surface area contributed by atoms with Gasteiger partial charge < -0.3 is 4.74 Å². The van der Waals surface area contributed by atoms with E-state index < -0.39 is 5.97 Å². The van der Waals surface area contributed by atoms with Gasteiger partial charge in [-0.25, -0.2) is 4.79 Å². The summed E-state index contributed by atoms with van der Waals surface area (Å²) < 4.78 is 4.89. The summed E-state index contributed by atoms with van der Waals surface area (Å²) in [6.07, 6.45) is 0. The summed E-state index contributed by atoms with van der Waals surface area (Å²) in [5.41, 5.74) is 0.916. The number of nitrogens with zero attached hydrogens (tertiary/aromatic N) is 2. The number of aromatic amines is 1. The zero-order valence-corrected chi connectivity index (χ0v) is 9.13. The predicted molar refractivity (Wildman–Crippen MR) is 55.5 cm³/mol. The number of rotatable bonds is 3. The Bertz CT molecular complexity index is 348. The molecule has 7 heteroatoms. The Hall–Kier alpha value is -1.08. The van der Waals surface area contributed by atoms with Crippen LogP contribution in [-0.4, -0.2) is 40.3 Å². The van der Waals surface area contributed by atoms with Gasteiger partial charge in [-0.2, -0.15) is 10.3 Å². The fourth-order valence-corrected chi connectivity index (χ4v) is 2.40. The van der Waals surface area contributed by atoms with Crippen molar-refractivity contribution in [1.29, 1.82) is 0 Å². The van der Waals surface area contributed by atoms with Gasteiger partial charge in [0.2, 0.25) is 0 Å². The number of carbonyl (C=O) groups excluding carboxylic acids is 1. The normalized spacial score (nSPS) is 20.5. The smallest absolute Gasteiger partial charge is 0.360 e. The molecule has 0 amide bonds. The zero-order chi connectivity index (χ0) is 10.7. The molecule has 0 spiro atoms. The van der Waals surface area contributed by atoms with Crippen molar-refractivity contribution < 1.29 is 9.53 Å². The van der Waals surface area contributed by atoms with Crippen molar-refractivity contribution in [2.45, 2.75) is 12.3 Å². The van der Waals surface area contributed by atoms with E-state index in [1.165, 1.54) is 0 Å². The van der Waals surface area contributed by atoms with Crippen molar-refractivity contribution in [3.8, 4) is 0 Å². The second kappa shape index (κ2) is 4.63. The van der Waals surface area contributed by atoms with Crippen molar-refractivity contribution in [2.75, 3.05) is 18.9 Å².